The first-order chi connectivity index (χ1) is 8.38. The summed E-state index contributed by atoms with van der Waals surface area (Å²) in [6.45, 7) is 0. The molecule has 0 saturated heterocycles. The van der Waals surface area contributed by atoms with Gasteiger partial charge in [0.05, 0.1) is 5.52 Å². The van der Waals surface area contributed by atoms with E-state index in [0.29, 0.717) is 11.0 Å². The molecule has 0 aliphatic heterocycles. The molecular weight excluding hydrogens is 216 g/mol. The molecule has 0 amide bonds. The zero-order valence-electron chi connectivity index (χ0n) is 8.65. The Morgan fingerprint density at radius 3 is 2.82 bits per heavy atom. The van der Waals surface area contributed by atoms with Crippen LogP contribution in [0.25, 0.3) is 32.2 Å². The molecule has 6 heteroatoms. The van der Waals surface area contributed by atoms with E-state index in [0.717, 1.165) is 10.8 Å². The maximum Gasteiger partial charge on any atom is 0.239 e. The maximum absolute atomic E-state index is 8.31. The molecule has 0 saturated carbocycles. The molecule has 0 fully saturated rings. The highest BCUT2D eigenvalue weighted by molar-refractivity contribution is 6.03. The van der Waals surface area contributed by atoms with Crippen molar-refractivity contribution in [2.45, 2.75) is 0 Å². The lowest BCUT2D eigenvalue weighted by atomic mass is 10.1. The minimum absolute atomic E-state index is 0.0373. The topological polar surface area (TPSA) is 87.4 Å². The number of nitrogens with zero attached hydrogens (tertiary/aromatic N) is 6. The lowest BCUT2D eigenvalue weighted by Crippen LogP contribution is -1.89. The zero-order valence-corrected chi connectivity index (χ0v) is 8.65. The number of hydrogen-bond donors (Lipinski definition) is 0. The first-order valence-corrected chi connectivity index (χ1v) is 4.96. The minimum Gasteiger partial charge on any atom is -0.223 e. The van der Waals surface area contributed by atoms with Crippen molar-refractivity contribution in [3.8, 4) is 0 Å². The largest absolute Gasteiger partial charge is 0.239 e. The van der Waals surface area contributed by atoms with Gasteiger partial charge in [-0.05, 0) is 22.1 Å². The van der Waals surface area contributed by atoms with Gasteiger partial charge in [0, 0.05) is 10.3 Å². The van der Waals surface area contributed by atoms with Gasteiger partial charge >= 0.3 is 0 Å². The molecular formula is C11H6N6. The summed E-state index contributed by atoms with van der Waals surface area (Å²) >= 11 is 0. The number of aromatic nitrogens is 3. The molecule has 80 valence electrons. The second kappa shape index (κ2) is 3.70. The smallest absolute Gasteiger partial charge is 0.223 e. The molecule has 0 N–H and O–H groups in total. The van der Waals surface area contributed by atoms with Crippen molar-refractivity contribution in [2.75, 3.05) is 0 Å². The fourth-order valence-corrected chi connectivity index (χ4v) is 1.75. The van der Waals surface area contributed by atoms with Crippen LogP contribution in [-0.2, 0) is 0 Å². The summed E-state index contributed by atoms with van der Waals surface area (Å²) in [5.41, 5.74) is 9.69. The molecule has 1 aromatic heterocycles. The van der Waals surface area contributed by atoms with Gasteiger partial charge in [-0.1, -0.05) is 30.3 Å². The van der Waals surface area contributed by atoms with E-state index in [-0.39, 0.29) is 5.95 Å². The fraction of sp³-hybridized carbons (Fsp3) is 0. The number of hydrogen-bond acceptors (Lipinski definition) is 4. The van der Waals surface area contributed by atoms with Gasteiger partial charge in [0.15, 0.2) is 0 Å². The summed E-state index contributed by atoms with van der Waals surface area (Å²) in [6, 6.07) is 11.6. The third-order valence-corrected chi connectivity index (χ3v) is 2.47. The Labute approximate surface area is 95.6 Å². The maximum atomic E-state index is 8.31. The predicted octanol–water partition coefficient (Wildman–Crippen LogP) is 3.12. The van der Waals surface area contributed by atoms with E-state index in [1.807, 2.05) is 36.4 Å². The van der Waals surface area contributed by atoms with Gasteiger partial charge in [-0.3, -0.25) is 0 Å². The lowest BCUT2D eigenvalue weighted by molar-refractivity contribution is 1.01. The predicted molar refractivity (Wildman–Crippen MR) is 63.6 cm³/mol. The fourth-order valence-electron chi connectivity index (χ4n) is 1.75. The van der Waals surface area contributed by atoms with E-state index < -0.39 is 0 Å². The highest BCUT2D eigenvalue weighted by Gasteiger charge is 2.04. The van der Waals surface area contributed by atoms with Crippen molar-refractivity contribution in [1.29, 1.82) is 0 Å². The summed E-state index contributed by atoms with van der Waals surface area (Å²) in [4.78, 5) is 6.76. The van der Waals surface area contributed by atoms with Crippen LogP contribution in [0, 0.1) is 0 Å². The Hall–Kier alpha value is -2.72. The van der Waals surface area contributed by atoms with Gasteiger partial charge in [0.2, 0.25) is 5.95 Å². The normalized spacial score (nSPS) is 10.4. The molecule has 17 heavy (non-hydrogen) atoms. The van der Waals surface area contributed by atoms with Gasteiger partial charge in [-0.25, -0.2) is 4.98 Å². The Kier molecular flexibility index (Phi) is 2.07. The molecule has 0 bridgehead atoms. The summed E-state index contributed by atoms with van der Waals surface area (Å²) in [7, 11) is 0. The highest BCUT2D eigenvalue weighted by atomic mass is 15.3. The number of fused-ring (bicyclic) bond motifs is 3. The molecule has 0 unspecified atom stereocenters. The molecule has 3 aromatic rings. The Morgan fingerprint density at radius 2 is 1.94 bits per heavy atom. The third-order valence-electron chi connectivity index (χ3n) is 2.47. The summed E-state index contributed by atoms with van der Waals surface area (Å²) < 4.78 is 0. The molecule has 2 aromatic carbocycles. The van der Waals surface area contributed by atoms with E-state index in [1.54, 1.807) is 0 Å². The quantitative estimate of drug-likeness (QED) is 0.274. The van der Waals surface area contributed by atoms with Crippen LogP contribution >= 0.6 is 0 Å². The molecule has 6 nitrogen and oxygen atoms in total. The van der Waals surface area contributed by atoms with Crippen LogP contribution in [0.2, 0.25) is 0 Å². The van der Waals surface area contributed by atoms with E-state index in [9.17, 15) is 0 Å². The number of azide groups is 1. The molecule has 0 spiro atoms. The van der Waals surface area contributed by atoms with Crippen LogP contribution in [0.4, 0.5) is 5.95 Å². The van der Waals surface area contributed by atoms with E-state index in [2.05, 4.69) is 25.2 Å². The Balaban J connectivity index is 2.40. The number of benzene rings is 2. The van der Waals surface area contributed by atoms with E-state index >= 15 is 0 Å². The van der Waals surface area contributed by atoms with Gasteiger partial charge in [0.25, 0.3) is 0 Å². The van der Waals surface area contributed by atoms with Crippen molar-refractivity contribution in [2.24, 2.45) is 5.11 Å². The molecule has 0 aliphatic carbocycles. The monoisotopic (exact) mass is 222 g/mol. The van der Waals surface area contributed by atoms with Gasteiger partial charge < -0.3 is 0 Å². The summed E-state index contributed by atoms with van der Waals surface area (Å²) in [5.74, 6) is 0.0373. The van der Waals surface area contributed by atoms with Crippen molar-refractivity contribution < 1.29 is 0 Å². The Morgan fingerprint density at radius 1 is 1.06 bits per heavy atom. The van der Waals surface area contributed by atoms with Crippen LogP contribution in [0.3, 0.4) is 0 Å². The zero-order chi connectivity index (χ0) is 11.7. The van der Waals surface area contributed by atoms with Gasteiger partial charge in [-0.2, -0.15) is 0 Å². The first kappa shape index (κ1) is 9.50. The molecule has 0 aliphatic rings. The first-order valence-electron chi connectivity index (χ1n) is 4.96. The van der Waals surface area contributed by atoms with Crippen molar-refractivity contribution in [1.82, 2.24) is 15.2 Å². The van der Waals surface area contributed by atoms with Crippen molar-refractivity contribution in [3.05, 3.63) is 46.8 Å². The third kappa shape index (κ3) is 1.53. The van der Waals surface area contributed by atoms with Crippen LogP contribution in [-0.4, -0.2) is 15.2 Å². The van der Waals surface area contributed by atoms with Crippen LogP contribution in [0.1, 0.15) is 0 Å². The summed E-state index contributed by atoms with van der Waals surface area (Å²) in [6.07, 6.45) is 0. The molecule has 3 rings (SSSR count). The average molecular weight is 222 g/mol. The summed E-state index contributed by atoms with van der Waals surface area (Å²) in [5, 5.41) is 13.2. The van der Waals surface area contributed by atoms with E-state index in [1.165, 1.54) is 0 Å². The van der Waals surface area contributed by atoms with Crippen molar-refractivity contribution in [3.63, 3.8) is 0 Å². The van der Waals surface area contributed by atoms with Gasteiger partial charge in [0.1, 0.15) is 5.52 Å². The SMILES string of the molecule is [N-]=[N+]=Nc1nnc2c(ccc3ccccc32)n1. The standard InChI is InChI=1S/C11H6N6/c12-17-16-11-13-9-6-5-7-3-1-2-4-8(7)10(9)14-15-11/h1-6H. The molecule has 0 atom stereocenters. The van der Waals surface area contributed by atoms with Crippen LogP contribution in [0.15, 0.2) is 41.5 Å². The second-order valence-electron chi connectivity index (χ2n) is 3.46. The number of rotatable bonds is 1. The highest BCUT2D eigenvalue weighted by Crippen LogP contribution is 2.22. The molecule has 0 radical (unpaired) electrons. The second-order valence-corrected chi connectivity index (χ2v) is 3.46. The molecule has 1 heterocycles. The Bertz CT molecular complexity index is 760. The van der Waals surface area contributed by atoms with Crippen LogP contribution in [0.5, 0.6) is 0 Å². The average Bonchev–Trinajstić information content (AvgIpc) is 2.39. The minimum atomic E-state index is 0.0373. The van der Waals surface area contributed by atoms with Gasteiger partial charge in [-0.15, -0.1) is 10.2 Å². The lowest BCUT2D eigenvalue weighted by Gasteiger charge is -2.01. The van der Waals surface area contributed by atoms with Crippen molar-refractivity contribution >= 4 is 27.8 Å². The van der Waals surface area contributed by atoms with Crippen LogP contribution < -0.4 is 0 Å². The van der Waals surface area contributed by atoms with E-state index in [4.69, 9.17) is 5.53 Å².